The van der Waals surface area contributed by atoms with E-state index in [9.17, 15) is 4.79 Å². The maximum absolute atomic E-state index is 10.8. The van der Waals surface area contributed by atoms with Gasteiger partial charge in [-0.05, 0) is 37.6 Å². The molecule has 1 aliphatic rings. The average molecular weight is 199 g/mol. The Labute approximate surface area is 86.2 Å². The Morgan fingerprint density at radius 1 is 1.50 bits per heavy atom. The van der Waals surface area contributed by atoms with Gasteiger partial charge in [0, 0.05) is 13.0 Å². The lowest BCUT2D eigenvalue weighted by atomic mass is 10.0. The summed E-state index contributed by atoms with van der Waals surface area (Å²) >= 11 is 0. The van der Waals surface area contributed by atoms with Crippen molar-refractivity contribution in [2.45, 2.75) is 39.0 Å². The Balaban J connectivity index is 1.92. The fraction of sp³-hybridized carbons (Fsp3) is 0.909. The monoisotopic (exact) mass is 199 g/mol. The minimum atomic E-state index is -0.108. The largest absolute Gasteiger partial charge is 0.469 e. The van der Waals surface area contributed by atoms with Crippen LogP contribution in [0.1, 0.15) is 39.0 Å². The summed E-state index contributed by atoms with van der Waals surface area (Å²) in [6.45, 7) is 4.30. The van der Waals surface area contributed by atoms with Gasteiger partial charge in [-0.15, -0.1) is 0 Å². The van der Waals surface area contributed by atoms with E-state index < -0.39 is 0 Å². The Morgan fingerprint density at radius 3 is 2.71 bits per heavy atom. The summed E-state index contributed by atoms with van der Waals surface area (Å²) in [5.74, 6) is -0.108. The summed E-state index contributed by atoms with van der Waals surface area (Å²) in [4.78, 5) is 10.8. The molecule has 3 heteroatoms. The highest BCUT2D eigenvalue weighted by Gasteiger charge is 2.39. The van der Waals surface area contributed by atoms with E-state index in [-0.39, 0.29) is 5.97 Å². The molecule has 0 saturated heterocycles. The van der Waals surface area contributed by atoms with Crippen molar-refractivity contribution in [2.24, 2.45) is 5.41 Å². The van der Waals surface area contributed by atoms with Crippen molar-refractivity contribution in [3.63, 3.8) is 0 Å². The van der Waals surface area contributed by atoms with Gasteiger partial charge in [-0.25, -0.2) is 0 Å². The fourth-order valence-corrected chi connectivity index (χ4v) is 1.65. The smallest absolute Gasteiger partial charge is 0.305 e. The molecule has 0 aromatic carbocycles. The zero-order chi connectivity index (χ0) is 10.4. The van der Waals surface area contributed by atoms with Crippen molar-refractivity contribution in [1.82, 2.24) is 5.32 Å². The van der Waals surface area contributed by atoms with Crippen LogP contribution >= 0.6 is 0 Å². The van der Waals surface area contributed by atoms with Gasteiger partial charge in [-0.3, -0.25) is 4.79 Å². The molecule has 0 unspecified atom stereocenters. The second-order valence-electron chi connectivity index (χ2n) is 4.21. The third-order valence-corrected chi connectivity index (χ3v) is 3.17. The number of rotatable bonds is 7. The van der Waals surface area contributed by atoms with Gasteiger partial charge in [0.2, 0.25) is 0 Å². The number of carbonyl (C=O) groups is 1. The van der Waals surface area contributed by atoms with Crippen LogP contribution < -0.4 is 5.32 Å². The third kappa shape index (κ3) is 3.66. The number of esters is 1. The van der Waals surface area contributed by atoms with Crippen molar-refractivity contribution in [2.75, 3.05) is 20.2 Å². The summed E-state index contributed by atoms with van der Waals surface area (Å²) in [5.41, 5.74) is 0.602. The second kappa shape index (κ2) is 5.35. The van der Waals surface area contributed by atoms with Gasteiger partial charge in [0.05, 0.1) is 7.11 Å². The van der Waals surface area contributed by atoms with Crippen molar-refractivity contribution in [3.05, 3.63) is 0 Å². The van der Waals surface area contributed by atoms with E-state index in [0.29, 0.717) is 11.8 Å². The predicted octanol–water partition coefficient (Wildman–Crippen LogP) is 1.72. The number of hydrogen-bond donors (Lipinski definition) is 1. The number of methoxy groups -OCH3 is 1. The van der Waals surface area contributed by atoms with Crippen LogP contribution in [0.2, 0.25) is 0 Å². The van der Waals surface area contributed by atoms with E-state index in [1.807, 2.05) is 0 Å². The second-order valence-corrected chi connectivity index (χ2v) is 4.21. The lowest BCUT2D eigenvalue weighted by Gasteiger charge is -2.12. The van der Waals surface area contributed by atoms with Gasteiger partial charge < -0.3 is 10.1 Å². The average Bonchev–Trinajstić information content (AvgIpc) is 2.98. The normalized spacial score (nSPS) is 17.9. The molecule has 0 aromatic rings. The molecular weight excluding hydrogens is 178 g/mol. The molecule has 0 atom stereocenters. The highest BCUT2D eigenvalue weighted by atomic mass is 16.5. The summed E-state index contributed by atoms with van der Waals surface area (Å²) in [5, 5.41) is 3.41. The molecule has 0 aromatic heterocycles. The molecule has 14 heavy (non-hydrogen) atoms. The first-order chi connectivity index (χ1) is 6.72. The number of ether oxygens (including phenoxy) is 1. The summed E-state index contributed by atoms with van der Waals surface area (Å²) < 4.78 is 4.56. The first-order valence-corrected chi connectivity index (χ1v) is 5.50. The molecule has 3 nitrogen and oxygen atoms in total. The molecule has 0 radical (unpaired) electrons. The Bertz CT molecular complexity index is 188. The summed E-state index contributed by atoms with van der Waals surface area (Å²) in [6, 6.07) is 0. The molecule has 0 heterocycles. The van der Waals surface area contributed by atoms with E-state index in [1.165, 1.54) is 26.4 Å². The molecule has 1 rings (SSSR count). The zero-order valence-electron chi connectivity index (χ0n) is 9.27. The van der Waals surface area contributed by atoms with Gasteiger partial charge in [0.25, 0.3) is 0 Å². The molecule has 0 spiro atoms. The first kappa shape index (κ1) is 11.5. The van der Waals surface area contributed by atoms with E-state index in [2.05, 4.69) is 17.0 Å². The molecule has 1 saturated carbocycles. The van der Waals surface area contributed by atoms with Crippen molar-refractivity contribution < 1.29 is 9.53 Å². The Kier molecular flexibility index (Phi) is 4.39. The highest BCUT2D eigenvalue weighted by Crippen LogP contribution is 2.47. The SMILES string of the molecule is CCC1(CNCCCC(=O)OC)CC1. The first-order valence-electron chi connectivity index (χ1n) is 5.50. The molecule has 0 aliphatic heterocycles. The molecule has 0 amide bonds. The molecule has 1 aliphatic carbocycles. The van der Waals surface area contributed by atoms with Crippen molar-refractivity contribution in [1.29, 1.82) is 0 Å². The van der Waals surface area contributed by atoms with Gasteiger partial charge >= 0.3 is 5.97 Å². The quantitative estimate of drug-likeness (QED) is 0.501. The van der Waals surface area contributed by atoms with Crippen LogP contribution in [0.5, 0.6) is 0 Å². The van der Waals surface area contributed by atoms with Crippen LogP contribution in [0.4, 0.5) is 0 Å². The van der Waals surface area contributed by atoms with Crippen molar-refractivity contribution in [3.8, 4) is 0 Å². The zero-order valence-corrected chi connectivity index (χ0v) is 9.27. The fourth-order valence-electron chi connectivity index (χ4n) is 1.65. The molecular formula is C11H21NO2. The van der Waals surface area contributed by atoms with Gasteiger partial charge in [0.1, 0.15) is 0 Å². The van der Waals surface area contributed by atoms with Gasteiger partial charge in [-0.1, -0.05) is 6.92 Å². The highest BCUT2D eigenvalue weighted by molar-refractivity contribution is 5.69. The lowest BCUT2D eigenvalue weighted by molar-refractivity contribution is -0.140. The van der Waals surface area contributed by atoms with Gasteiger partial charge in [0.15, 0.2) is 0 Å². The minimum absolute atomic E-state index is 0.108. The standard InChI is InChI=1S/C11H21NO2/c1-3-11(6-7-11)9-12-8-4-5-10(13)14-2/h12H,3-9H2,1-2H3. The van der Waals surface area contributed by atoms with E-state index in [0.717, 1.165) is 19.5 Å². The van der Waals surface area contributed by atoms with Crippen LogP contribution in [0.3, 0.4) is 0 Å². The third-order valence-electron chi connectivity index (χ3n) is 3.17. The molecule has 0 bridgehead atoms. The predicted molar refractivity (Wildman–Crippen MR) is 56.1 cm³/mol. The maximum atomic E-state index is 10.8. The maximum Gasteiger partial charge on any atom is 0.305 e. The molecule has 82 valence electrons. The molecule has 1 N–H and O–H groups in total. The van der Waals surface area contributed by atoms with Gasteiger partial charge in [-0.2, -0.15) is 0 Å². The lowest BCUT2D eigenvalue weighted by Crippen LogP contribution is -2.24. The Hall–Kier alpha value is -0.570. The summed E-state index contributed by atoms with van der Waals surface area (Å²) in [7, 11) is 1.44. The van der Waals surface area contributed by atoms with E-state index >= 15 is 0 Å². The van der Waals surface area contributed by atoms with Crippen LogP contribution in [0.15, 0.2) is 0 Å². The van der Waals surface area contributed by atoms with Crippen LogP contribution in [0.25, 0.3) is 0 Å². The van der Waals surface area contributed by atoms with Crippen molar-refractivity contribution >= 4 is 5.97 Å². The topological polar surface area (TPSA) is 38.3 Å². The van der Waals surface area contributed by atoms with Crippen LogP contribution in [0, 0.1) is 5.41 Å². The van der Waals surface area contributed by atoms with E-state index in [4.69, 9.17) is 0 Å². The number of carbonyl (C=O) groups excluding carboxylic acids is 1. The minimum Gasteiger partial charge on any atom is -0.469 e. The van der Waals surface area contributed by atoms with Crippen LogP contribution in [-0.2, 0) is 9.53 Å². The number of nitrogens with one attached hydrogen (secondary N) is 1. The molecule has 1 fully saturated rings. The van der Waals surface area contributed by atoms with E-state index in [1.54, 1.807) is 0 Å². The summed E-state index contributed by atoms with van der Waals surface area (Å²) in [6.07, 6.45) is 5.42. The van der Waals surface area contributed by atoms with Crippen LogP contribution in [-0.4, -0.2) is 26.2 Å². The number of hydrogen-bond acceptors (Lipinski definition) is 3. The Morgan fingerprint density at radius 2 is 2.21 bits per heavy atom.